The number of benzene rings is 4. The minimum Gasteiger partial charge on any atom is -0.350 e. The summed E-state index contributed by atoms with van der Waals surface area (Å²) in [5.74, 6) is -0.681. The maximum absolute atomic E-state index is 13.6. The number of carbonyl (C=O) groups is 2. The van der Waals surface area contributed by atoms with Crippen LogP contribution in [-0.4, -0.2) is 11.8 Å². The van der Waals surface area contributed by atoms with Crippen LogP contribution in [0.1, 0.15) is 16.7 Å². The van der Waals surface area contributed by atoms with Crippen molar-refractivity contribution in [3.63, 3.8) is 0 Å². The molecule has 0 fully saturated rings. The lowest BCUT2D eigenvalue weighted by Gasteiger charge is -2.15. The molecule has 0 aliphatic carbocycles. The third-order valence-electron chi connectivity index (χ3n) is 5.80. The third-order valence-corrected chi connectivity index (χ3v) is 5.80. The number of carbonyl (C=O) groups excluding carboxylic acids is 2. The Labute approximate surface area is 186 Å². The number of imide groups is 1. The number of anilines is 2. The van der Waals surface area contributed by atoms with Crippen LogP contribution in [0.25, 0.3) is 16.3 Å². The average Bonchev–Trinajstić information content (AvgIpc) is 3.04. The Morgan fingerprint density at radius 3 is 2.22 bits per heavy atom. The second-order valence-electron chi connectivity index (χ2n) is 8.00. The predicted octanol–water partition coefficient (Wildman–Crippen LogP) is 5.85. The fraction of sp³-hybridized carbons (Fsp3) is 0.0714. The van der Waals surface area contributed by atoms with Crippen molar-refractivity contribution in [1.29, 1.82) is 0 Å². The van der Waals surface area contributed by atoms with Gasteiger partial charge in [-0.25, -0.2) is 4.90 Å². The molecule has 4 aromatic carbocycles. The van der Waals surface area contributed by atoms with E-state index in [4.69, 9.17) is 0 Å². The summed E-state index contributed by atoms with van der Waals surface area (Å²) in [6.07, 6.45) is 0. The van der Waals surface area contributed by atoms with E-state index in [1.165, 1.54) is 4.90 Å². The van der Waals surface area contributed by atoms with Crippen LogP contribution in [0.5, 0.6) is 0 Å². The van der Waals surface area contributed by atoms with E-state index in [1.54, 1.807) is 12.1 Å². The van der Waals surface area contributed by atoms with Crippen molar-refractivity contribution in [2.45, 2.75) is 13.8 Å². The van der Waals surface area contributed by atoms with Gasteiger partial charge in [-0.1, -0.05) is 78.4 Å². The third kappa shape index (κ3) is 3.26. The van der Waals surface area contributed by atoms with Crippen LogP contribution in [0, 0.1) is 13.8 Å². The van der Waals surface area contributed by atoms with Gasteiger partial charge in [0.05, 0.1) is 11.3 Å². The SMILES string of the molecule is Cc1ccc(C2=C(Nc3cccc4ccccc34)C(=O)N(c3ccccc3)C2=O)c(C)c1. The Bertz CT molecular complexity index is 1400. The summed E-state index contributed by atoms with van der Waals surface area (Å²) in [5.41, 5.74) is 4.85. The molecule has 1 aliphatic rings. The molecule has 0 bridgehead atoms. The molecular weight excluding hydrogens is 396 g/mol. The maximum atomic E-state index is 13.6. The van der Waals surface area contributed by atoms with Crippen molar-refractivity contribution >= 4 is 39.5 Å². The molecule has 4 nitrogen and oxygen atoms in total. The Morgan fingerprint density at radius 1 is 0.719 bits per heavy atom. The van der Waals surface area contributed by atoms with E-state index in [1.807, 2.05) is 92.7 Å². The highest BCUT2D eigenvalue weighted by atomic mass is 16.2. The highest BCUT2D eigenvalue weighted by Gasteiger charge is 2.40. The van der Waals surface area contributed by atoms with Crippen molar-refractivity contribution in [3.8, 4) is 0 Å². The van der Waals surface area contributed by atoms with Crippen LogP contribution in [0.15, 0.2) is 96.7 Å². The highest BCUT2D eigenvalue weighted by Crippen LogP contribution is 2.36. The van der Waals surface area contributed by atoms with Gasteiger partial charge in [0.2, 0.25) is 0 Å². The largest absolute Gasteiger partial charge is 0.350 e. The Kier molecular flexibility index (Phi) is 4.83. The number of rotatable bonds is 4. The lowest BCUT2D eigenvalue weighted by Crippen LogP contribution is -2.32. The standard InChI is InChI=1S/C28H22N2O2/c1-18-15-16-22(19(2)17-18)25-26(28(32)30(27(25)31)21-11-4-3-5-12-21)29-24-14-8-10-20-9-6-7-13-23(20)24/h3-17,29H,1-2H3. The van der Waals surface area contributed by atoms with E-state index in [2.05, 4.69) is 5.32 Å². The molecule has 1 N–H and O–H groups in total. The van der Waals surface area contributed by atoms with Gasteiger partial charge in [0.25, 0.3) is 11.8 Å². The first kappa shape index (κ1) is 19.8. The molecule has 156 valence electrons. The van der Waals surface area contributed by atoms with Crippen molar-refractivity contribution in [3.05, 3.63) is 113 Å². The number of hydrogen-bond donors (Lipinski definition) is 1. The van der Waals surface area contributed by atoms with Gasteiger partial charge >= 0.3 is 0 Å². The number of fused-ring (bicyclic) bond motifs is 1. The van der Waals surface area contributed by atoms with E-state index in [0.29, 0.717) is 17.0 Å². The normalized spacial score (nSPS) is 13.9. The number of nitrogens with zero attached hydrogens (tertiary/aromatic N) is 1. The van der Waals surface area contributed by atoms with Crippen LogP contribution in [0.4, 0.5) is 11.4 Å². The molecule has 0 saturated heterocycles. The minimum atomic E-state index is -0.357. The number of hydrogen-bond acceptors (Lipinski definition) is 3. The summed E-state index contributed by atoms with van der Waals surface area (Å²) in [4.78, 5) is 28.5. The van der Waals surface area contributed by atoms with Crippen LogP contribution in [0.2, 0.25) is 0 Å². The zero-order valence-corrected chi connectivity index (χ0v) is 17.9. The van der Waals surface area contributed by atoms with Gasteiger partial charge in [-0.3, -0.25) is 9.59 Å². The lowest BCUT2D eigenvalue weighted by atomic mass is 9.97. The van der Waals surface area contributed by atoms with Gasteiger partial charge in [-0.15, -0.1) is 0 Å². The zero-order chi connectivity index (χ0) is 22.2. The quantitative estimate of drug-likeness (QED) is 0.423. The van der Waals surface area contributed by atoms with E-state index >= 15 is 0 Å². The minimum absolute atomic E-state index is 0.294. The fourth-order valence-electron chi connectivity index (χ4n) is 4.27. The molecule has 2 amide bonds. The summed E-state index contributed by atoms with van der Waals surface area (Å²) in [7, 11) is 0. The number of para-hydroxylation sites is 1. The molecule has 1 aliphatic heterocycles. The van der Waals surface area contributed by atoms with Crippen LogP contribution < -0.4 is 10.2 Å². The summed E-state index contributed by atoms with van der Waals surface area (Å²) in [6.45, 7) is 3.98. The van der Waals surface area contributed by atoms with E-state index in [-0.39, 0.29) is 11.8 Å². The molecule has 0 atom stereocenters. The molecule has 4 aromatic rings. The number of aryl methyl sites for hydroxylation is 2. The smallest absolute Gasteiger partial charge is 0.282 e. The van der Waals surface area contributed by atoms with Crippen LogP contribution >= 0.6 is 0 Å². The number of nitrogens with one attached hydrogen (secondary N) is 1. The molecule has 1 heterocycles. The molecule has 0 unspecified atom stereocenters. The van der Waals surface area contributed by atoms with Gasteiger partial charge < -0.3 is 5.32 Å². The molecule has 0 aromatic heterocycles. The second-order valence-corrected chi connectivity index (χ2v) is 8.00. The molecular formula is C28H22N2O2. The Balaban J connectivity index is 1.69. The van der Waals surface area contributed by atoms with Crippen LogP contribution in [-0.2, 0) is 9.59 Å². The molecule has 0 saturated carbocycles. The first-order chi connectivity index (χ1) is 15.5. The van der Waals surface area contributed by atoms with E-state index < -0.39 is 0 Å². The topological polar surface area (TPSA) is 49.4 Å². The summed E-state index contributed by atoms with van der Waals surface area (Å²) in [6, 6.07) is 28.8. The first-order valence-electron chi connectivity index (χ1n) is 10.5. The van der Waals surface area contributed by atoms with Crippen molar-refractivity contribution < 1.29 is 9.59 Å². The zero-order valence-electron chi connectivity index (χ0n) is 17.9. The van der Waals surface area contributed by atoms with Crippen molar-refractivity contribution in [2.75, 3.05) is 10.2 Å². The van der Waals surface area contributed by atoms with Gasteiger partial charge in [0, 0.05) is 11.1 Å². The average molecular weight is 418 g/mol. The maximum Gasteiger partial charge on any atom is 0.282 e. The van der Waals surface area contributed by atoms with Gasteiger partial charge in [0.1, 0.15) is 5.70 Å². The fourth-order valence-corrected chi connectivity index (χ4v) is 4.27. The van der Waals surface area contributed by atoms with Gasteiger partial charge in [0.15, 0.2) is 0 Å². The van der Waals surface area contributed by atoms with Crippen molar-refractivity contribution in [2.24, 2.45) is 0 Å². The summed E-state index contributed by atoms with van der Waals surface area (Å²) < 4.78 is 0. The summed E-state index contributed by atoms with van der Waals surface area (Å²) in [5, 5.41) is 5.37. The number of amides is 2. The molecule has 5 rings (SSSR count). The van der Waals surface area contributed by atoms with Crippen LogP contribution in [0.3, 0.4) is 0 Å². The Morgan fingerprint density at radius 2 is 1.44 bits per heavy atom. The molecule has 0 radical (unpaired) electrons. The monoisotopic (exact) mass is 418 g/mol. The van der Waals surface area contributed by atoms with Gasteiger partial charge in [-0.05, 0) is 48.6 Å². The van der Waals surface area contributed by atoms with E-state index in [0.717, 1.165) is 33.2 Å². The highest BCUT2D eigenvalue weighted by molar-refractivity contribution is 6.46. The van der Waals surface area contributed by atoms with Crippen molar-refractivity contribution in [1.82, 2.24) is 0 Å². The molecule has 0 spiro atoms. The molecule has 4 heteroatoms. The predicted molar refractivity (Wildman–Crippen MR) is 129 cm³/mol. The second kappa shape index (κ2) is 7.82. The van der Waals surface area contributed by atoms with E-state index in [9.17, 15) is 9.59 Å². The lowest BCUT2D eigenvalue weighted by molar-refractivity contribution is -0.120. The Hall–Kier alpha value is -4.18. The molecule has 32 heavy (non-hydrogen) atoms. The van der Waals surface area contributed by atoms with Gasteiger partial charge in [-0.2, -0.15) is 0 Å². The first-order valence-corrected chi connectivity index (χ1v) is 10.5. The summed E-state index contributed by atoms with van der Waals surface area (Å²) >= 11 is 0.